The SMILES string of the molecule is CCNC(=NCC1CCCN(C)C1c1cccc(Cl)c1)NCCCOC. The molecule has 2 N–H and O–H groups in total. The van der Waals surface area contributed by atoms with Gasteiger partial charge in [-0.3, -0.25) is 9.89 Å². The number of aliphatic imine (C=N–C) groups is 1. The fourth-order valence-electron chi connectivity index (χ4n) is 3.64. The topological polar surface area (TPSA) is 48.9 Å². The third kappa shape index (κ3) is 6.45. The molecule has 0 spiro atoms. The highest BCUT2D eigenvalue weighted by atomic mass is 35.5. The Morgan fingerprint density at radius 3 is 2.96 bits per heavy atom. The third-order valence-electron chi connectivity index (χ3n) is 4.84. The van der Waals surface area contributed by atoms with Crippen molar-refractivity contribution in [3.63, 3.8) is 0 Å². The molecule has 2 atom stereocenters. The van der Waals surface area contributed by atoms with Gasteiger partial charge in [-0.05, 0) is 63.4 Å². The van der Waals surface area contributed by atoms with Gasteiger partial charge in [0.05, 0.1) is 0 Å². The van der Waals surface area contributed by atoms with Gasteiger partial charge in [-0.2, -0.15) is 0 Å². The molecule has 0 aromatic heterocycles. The molecular formula is C20H33ClN4O. The maximum Gasteiger partial charge on any atom is 0.191 e. The molecule has 1 aliphatic rings. The Morgan fingerprint density at radius 2 is 2.23 bits per heavy atom. The molecule has 1 aromatic carbocycles. The Bertz CT molecular complexity index is 566. The first-order valence-corrected chi connectivity index (χ1v) is 10.00. The molecule has 1 aliphatic heterocycles. The second-order valence-corrected chi connectivity index (χ2v) is 7.31. The van der Waals surface area contributed by atoms with Gasteiger partial charge in [-0.1, -0.05) is 23.7 Å². The van der Waals surface area contributed by atoms with Crippen LogP contribution in [0.4, 0.5) is 0 Å². The fraction of sp³-hybridized carbons (Fsp3) is 0.650. The van der Waals surface area contributed by atoms with Crippen LogP contribution in [0.15, 0.2) is 29.3 Å². The Morgan fingerprint density at radius 1 is 1.38 bits per heavy atom. The summed E-state index contributed by atoms with van der Waals surface area (Å²) in [5.41, 5.74) is 1.29. The van der Waals surface area contributed by atoms with Crippen LogP contribution in [0.2, 0.25) is 5.02 Å². The van der Waals surface area contributed by atoms with E-state index in [-0.39, 0.29) is 0 Å². The molecule has 146 valence electrons. The van der Waals surface area contributed by atoms with Gasteiger partial charge in [0.1, 0.15) is 0 Å². The van der Waals surface area contributed by atoms with Crippen molar-refractivity contribution in [1.82, 2.24) is 15.5 Å². The van der Waals surface area contributed by atoms with Crippen LogP contribution in [0, 0.1) is 5.92 Å². The van der Waals surface area contributed by atoms with Gasteiger partial charge < -0.3 is 15.4 Å². The number of nitrogens with one attached hydrogen (secondary N) is 2. The molecule has 5 nitrogen and oxygen atoms in total. The maximum absolute atomic E-state index is 6.23. The molecule has 2 rings (SSSR count). The molecule has 0 aliphatic carbocycles. The smallest absolute Gasteiger partial charge is 0.191 e. The summed E-state index contributed by atoms with van der Waals surface area (Å²) in [6.45, 7) is 6.50. The van der Waals surface area contributed by atoms with E-state index in [2.05, 4.69) is 41.6 Å². The van der Waals surface area contributed by atoms with E-state index in [0.29, 0.717) is 12.0 Å². The Hall–Kier alpha value is -1.30. The number of likely N-dealkylation sites (tertiary alicyclic amines) is 1. The summed E-state index contributed by atoms with van der Waals surface area (Å²) in [7, 11) is 3.94. The summed E-state index contributed by atoms with van der Waals surface area (Å²) in [4.78, 5) is 7.30. The molecule has 2 unspecified atom stereocenters. The highest BCUT2D eigenvalue weighted by Crippen LogP contribution is 2.36. The fourth-order valence-corrected chi connectivity index (χ4v) is 3.84. The highest BCUT2D eigenvalue weighted by Gasteiger charge is 2.30. The van der Waals surface area contributed by atoms with Gasteiger partial charge in [-0.15, -0.1) is 0 Å². The second kappa shape index (κ2) is 11.4. The summed E-state index contributed by atoms with van der Waals surface area (Å²) < 4.78 is 5.11. The van der Waals surface area contributed by atoms with E-state index < -0.39 is 0 Å². The Labute approximate surface area is 163 Å². The zero-order valence-corrected chi connectivity index (χ0v) is 17.1. The van der Waals surface area contributed by atoms with Gasteiger partial charge in [0.15, 0.2) is 5.96 Å². The van der Waals surface area contributed by atoms with Crippen molar-refractivity contribution in [2.45, 2.75) is 32.2 Å². The molecule has 1 aromatic rings. The molecular weight excluding hydrogens is 348 g/mol. The lowest BCUT2D eigenvalue weighted by molar-refractivity contribution is 0.125. The minimum Gasteiger partial charge on any atom is -0.385 e. The van der Waals surface area contributed by atoms with Gasteiger partial charge in [0.2, 0.25) is 0 Å². The highest BCUT2D eigenvalue weighted by molar-refractivity contribution is 6.30. The molecule has 1 heterocycles. The lowest BCUT2D eigenvalue weighted by Crippen LogP contribution is -2.40. The molecule has 0 bridgehead atoms. The van der Waals surface area contributed by atoms with Crippen molar-refractivity contribution in [2.24, 2.45) is 10.9 Å². The van der Waals surface area contributed by atoms with Gasteiger partial charge in [0.25, 0.3) is 0 Å². The Balaban J connectivity index is 2.05. The summed E-state index contributed by atoms with van der Waals surface area (Å²) >= 11 is 6.23. The molecule has 26 heavy (non-hydrogen) atoms. The van der Waals surface area contributed by atoms with Crippen LogP contribution in [-0.4, -0.2) is 57.8 Å². The van der Waals surface area contributed by atoms with Gasteiger partial charge in [0, 0.05) is 44.4 Å². The van der Waals surface area contributed by atoms with E-state index in [0.717, 1.165) is 50.2 Å². The second-order valence-electron chi connectivity index (χ2n) is 6.88. The van der Waals surface area contributed by atoms with E-state index in [4.69, 9.17) is 21.3 Å². The van der Waals surface area contributed by atoms with E-state index >= 15 is 0 Å². The number of hydrogen-bond donors (Lipinski definition) is 2. The number of rotatable bonds is 8. The lowest BCUT2D eigenvalue weighted by Gasteiger charge is -2.39. The van der Waals surface area contributed by atoms with Crippen molar-refractivity contribution < 1.29 is 4.74 Å². The van der Waals surface area contributed by atoms with E-state index in [9.17, 15) is 0 Å². The van der Waals surface area contributed by atoms with Crippen molar-refractivity contribution >= 4 is 17.6 Å². The van der Waals surface area contributed by atoms with Gasteiger partial charge in [-0.25, -0.2) is 0 Å². The first-order chi connectivity index (χ1) is 12.7. The van der Waals surface area contributed by atoms with Crippen molar-refractivity contribution in [1.29, 1.82) is 0 Å². The zero-order valence-electron chi connectivity index (χ0n) is 16.3. The number of nitrogens with zero attached hydrogens (tertiary/aromatic N) is 2. The number of hydrogen-bond acceptors (Lipinski definition) is 3. The minimum atomic E-state index is 0.363. The van der Waals surface area contributed by atoms with Crippen LogP contribution in [0.3, 0.4) is 0 Å². The lowest BCUT2D eigenvalue weighted by atomic mass is 9.85. The molecule has 1 saturated heterocycles. The number of halogens is 1. The van der Waals surface area contributed by atoms with Crippen LogP contribution in [0.5, 0.6) is 0 Å². The number of ether oxygens (including phenoxy) is 1. The minimum absolute atomic E-state index is 0.363. The van der Waals surface area contributed by atoms with Crippen LogP contribution < -0.4 is 10.6 Å². The normalized spacial score (nSPS) is 21.6. The van der Waals surface area contributed by atoms with E-state index in [1.165, 1.54) is 18.4 Å². The predicted octanol–water partition coefficient (Wildman–Crippen LogP) is 3.31. The van der Waals surface area contributed by atoms with Crippen molar-refractivity contribution in [3.05, 3.63) is 34.9 Å². The summed E-state index contributed by atoms with van der Waals surface area (Å²) in [5, 5.41) is 7.53. The first-order valence-electron chi connectivity index (χ1n) is 9.62. The zero-order chi connectivity index (χ0) is 18.8. The van der Waals surface area contributed by atoms with Crippen LogP contribution in [-0.2, 0) is 4.74 Å². The van der Waals surface area contributed by atoms with Gasteiger partial charge >= 0.3 is 0 Å². The number of benzene rings is 1. The molecule has 1 fully saturated rings. The summed E-state index contributed by atoms with van der Waals surface area (Å²) in [6.07, 6.45) is 3.37. The summed E-state index contributed by atoms with van der Waals surface area (Å²) in [6, 6.07) is 8.63. The Kier molecular flexibility index (Phi) is 9.23. The molecule has 0 saturated carbocycles. The van der Waals surface area contributed by atoms with Crippen LogP contribution in [0.1, 0.15) is 37.8 Å². The van der Waals surface area contributed by atoms with Crippen molar-refractivity contribution in [3.8, 4) is 0 Å². The molecule has 6 heteroatoms. The van der Waals surface area contributed by atoms with Crippen molar-refractivity contribution in [2.75, 3.05) is 46.9 Å². The van der Waals surface area contributed by atoms with E-state index in [1.807, 2.05) is 12.1 Å². The average molecular weight is 381 g/mol. The largest absolute Gasteiger partial charge is 0.385 e. The predicted molar refractivity (Wildman–Crippen MR) is 110 cm³/mol. The molecule has 0 amide bonds. The average Bonchev–Trinajstić information content (AvgIpc) is 2.63. The number of piperidine rings is 1. The first kappa shape index (κ1) is 21.0. The number of methoxy groups -OCH3 is 1. The van der Waals surface area contributed by atoms with E-state index in [1.54, 1.807) is 7.11 Å². The standard InChI is InChI=1S/C20H33ClN4O/c1-4-22-20(23-11-7-13-26-3)24-15-17-9-6-12-25(2)19(17)16-8-5-10-18(21)14-16/h5,8,10,14,17,19H,4,6-7,9,11-13,15H2,1-3H3,(H2,22,23,24). The summed E-state index contributed by atoms with van der Waals surface area (Å²) in [5.74, 6) is 1.38. The number of guanidine groups is 1. The quantitative estimate of drug-likeness (QED) is 0.412. The monoisotopic (exact) mass is 380 g/mol. The third-order valence-corrected chi connectivity index (χ3v) is 5.08. The van der Waals surface area contributed by atoms with Crippen LogP contribution in [0.25, 0.3) is 0 Å². The maximum atomic E-state index is 6.23. The van der Waals surface area contributed by atoms with Crippen LogP contribution >= 0.6 is 11.6 Å². The molecule has 0 radical (unpaired) electrons.